The van der Waals surface area contributed by atoms with Crippen LogP contribution in [0.2, 0.25) is 0 Å². The summed E-state index contributed by atoms with van der Waals surface area (Å²) >= 11 is 0. The van der Waals surface area contributed by atoms with Crippen LogP contribution in [0, 0.1) is 0 Å². The van der Waals surface area contributed by atoms with E-state index in [0.29, 0.717) is 31.0 Å². The summed E-state index contributed by atoms with van der Waals surface area (Å²) < 4.78 is 11.3. The number of aliphatic hydroxyl groups is 1. The van der Waals surface area contributed by atoms with Crippen molar-refractivity contribution in [1.82, 2.24) is 15.5 Å². The maximum Gasteiger partial charge on any atom is 0.220 e. The molecule has 1 amide bonds. The number of amides is 1. The summed E-state index contributed by atoms with van der Waals surface area (Å²) in [6, 6.07) is 9.10. The molecule has 26 heavy (non-hydrogen) atoms. The number of aliphatic hydroxyl groups excluding tert-OH is 1. The number of para-hydroxylation sites is 1. The Labute approximate surface area is 152 Å². The lowest BCUT2D eigenvalue weighted by atomic mass is 10.2. The van der Waals surface area contributed by atoms with Crippen LogP contribution < -0.4 is 10.1 Å². The molecule has 0 spiro atoms. The van der Waals surface area contributed by atoms with Crippen molar-refractivity contribution in [2.24, 2.45) is 0 Å². The molecule has 2 aromatic rings. The molecule has 3 atom stereocenters. The molecule has 0 radical (unpaired) electrons. The highest BCUT2D eigenvalue weighted by Gasteiger charge is 2.37. The number of carbonyl (C=O) groups is 1. The highest BCUT2D eigenvalue weighted by molar-refractivity contribution is 5.76. The van der Waals surface area contributed by atoms with Crippen LogP contribution in [0.1, 0.15) is 50.8 Å². The second kappa shape index (κ2) is 8.31. The zero-order valence-electron chi connectivity index (χ0n) is 15.1. The Morgan fingerprint density at radius 1 is 1.31 bits per heavy atom. The van der Waals surface area contributed by atoms with E-state index in [1.54, 1.807) is 0 Å². The van der Waals surface area contributed by atoms with Gasteiger partial charge in [0, 0.05) is 18.8 Å². The molecule has 1 aromatic heterocycles. The van der Waals surface area contributed by atoms with Gasteiger partial charge >= 0.3 is 0 Å². The predicted molar refractivity (Wildman–Crippen MR) is 94.7 cm³/mol. The van der Waals surface area contributed by atoms with Gasteiger partial charge < -0.3 is 19.6 Å². The van der Waals surface area contributed by atoms with Crippen molar-refractivity contribution in [2.45, 2.75) is 63.7 Å². The number of ether oxygens (including phenoxy) is 1. The van der Waals surface area contributed by atoms with E-state index in [4.69, 9.17) is 9.15 Å². The van der Waals surface area contributed by atoms with Gasteiger partial charge in [0.05, 0.1) is 6.04 Å². The van der Waals surface area contributed by atoms with E-state index >= 15 is 0 Å². The predicted octanol–water partition coefficient (Wildman–Crippen LogP) is 2.21. The maximum absolute atomic E-state index is 12.2. The van der Waals surface area contributed by atoms with Gasteiger partial charge in [-0.25, -0.2) is 0 Å². The largest absolute Gasteiger partial charge is 0.488 e. The topological polar surface area (TPSA) is 97.5 Å². The van der Waals surface area contributed by atoms with Crippen LogP contribution in [-0.2, 0) is 11.2 Å². The molecule has 3 rings (SSSR count). The molecule has 0 aliphatic heterocycles. The quantitative estimate of drug-likeness (QED) is 0.787. The molecule has 1 fully saturated rings. The molecule has 0 saturated heterocycles. The van der Waals surface area contributed by atoms with Gasteiger partial charge in [-0.3, -0.25) is 4.79 Å². The van der Waals surface area contributed by atoms with Crippen LogP contribution in [0.15, 0.2) is 34.7 Å². The van der Waals surface area contributed by atoms with Crippen molar-refractivity contribution in [3.8, 4) is 5.75 Å². The normalized spacial score (nSPS) is 22.5. The average Bonchev–Trinajstić information content (AvgIpc) is 3.23. The summed E-state index contributed by atoms with van der Waals surface area (Å²) in [6.07, 6.45) is 0.971. The van der Waals surface area contributed by atoms with E-state index in [2.05, 4.69) is 15.5 Å². The molecule has 1 heterocycles. The molecule has 140 valence electrons. The fraction of sp³-hybridized carbons (Fsp3) is 0.526. The van der Waals surface area contributed by atoms with Crippen LogP contribution in [0.5, 0.6) is 5.75 Å². The van der Waals surface area contributed by atoms with Gasteiger partial charge in [0.1, 0.15) is 18.0 Å². The number of aromatic nitrogens is 2. The molecular weight excluding hydrogens is 334 g/mol. The van der Waals surface area contributed by atoms with Crippen molar-refractivity contribution in [3.05, 3.63) is 42.1 Å². The number of aryl methyl sites for hydroxylation is 1. The third-order valence-electron chi connectivity index (χ3n) is 4.47. The molecule has 7 heteroatoms. The first kappa shape index (κ1) is 18.4. The number of benzene rings is 1. The Morgan fingerprint density at radius 3 is 2.77 bits per heavy atom. The molecule has 0 bridgehead atoms. The lowest BCUT2D eigenvalue weighted by molar-refractivity contribution is -0.122. The molecule has 1 aliphatic rings. The minimum absolute atomic E-state index is 0.140. The monoisotopic (exact) mass is 359 g/mol. The molecule has 1 aliphatic carbocycles. The third kappa shape index (κ3) is 4.60. The Bertz CT molecular complexity index is 717. The van der Waals surface area contributed by atoms with Crippen molar-refractivity contribution in [2.75, 3.05) is 0 Å². The van der Waals surface area contributed by atoms with Gasteiger partial charge in [-0.1, -0.05) is 32.0 Å². The molecule has 2 N–H and O–H groups in total. The Morgan fingerprint density at radius 2 is 2.08 bits per heavy atom. The van der Waals surface area contributed by atoms with E-state index in [1.165, 1.54) is 0 Å². The zero-order valence-corrected chi connectivity index (χ0v) is 15.1. The minimum Gasteiger partial charge on any atom is -0.488 e. The van der Waals surface area contributed by atoms with Crippen LogP contribution in [0.3, 0.4) is 0 Å². The highest BCUT2D eigenvalue weighted by atomic mass is 16.5. The summed E-state index contributed by atoms with van der Waals surface area (Å²) in [7, 11) is 0. The molecular formula is C19H25N3O4. The SMILES string of the molecule is CC(C)c1nnc(CCC(=O)N[C@@H]2CC[C@@H](Oc3ccccc3)[C@@H]2O)o1. The van der Waals surface area contributed by atoms with Gasteiger partial charge in [-0.15, -0.1) is 10.2 Å². The number of rotatable bonds is 7. The second-order valence-corrected chi connectivity index (χ2v) is 6.90. The summed E-state index contributed by atoms with van der Waals surface area (Å²) in [4.78, 5) is 12.2. The number of nitrogens with one attached hydrogen (secondary N) is 1. The standard InChI is InChI=1S/C19H25N3O4/c1-12(2)19-22-21-17(26-19)11-10-16(23)20-14-8-9-15(18(14)24)25-13-6-4-3-5-7-13/h3-7,12,14-15,18,24H,8-11H2,1-2H3,(H,20,23)/t14-,15-,18-/m1/s1. The lowest BCUT2D eigenvalue weighted by Crippen LogP contribution is -2.44. The maximum atomic E-state index is 12.2. The van der Waals surface area contributed by atoms with Gasteiger partial charge in [-0.2, -0.15) is 0 Å². The fourth-order valence-electron chi connectivity index (χ4n) is 3.00. The average molecular weight is 359 g/mol. The molecule has 1 saturated carbocycles. The van der Waals surface area contributed by atoms with Crippen molar-refractivity contribution < 1.29 is 19.1 Å². The summed E-state index contributed by atoms with van der Waals surface area (Å²) in [5.74, 6) is 1.79. The first-order valence-corrected chi connectivity index (χ1v) is 9.04. The van der Waals surface area contributed by atoms with Crippen LogP contribution in [-0.4, -0.2) is 39.5 Å². The van der Waals surface area contributed by atoms with E-state index in [9.17, 15) is 9.90 Å². The zero-order chi connectivity index (χ0) is 18.5. The Balaban J connectivity index is 1.45. The highest BCUT2D eigenvalue weighted by Crippen LogP contribution is 2.25. The van der Waals surface area contributed by atoms with Gasteiger partial charge in [-0.05, 0) is 25.0 Å². The van der Waals surface area contributed by atoms with Crippen molar-refractivity contribution in [3.63, 3.8) is 0 Å². The van der Waals surface area contributed by atoms with Crippen LogP contribution in [0.4, 0.5) is 0 Å². The third-order valence-corrected chi connectivity index (χ3v) is 4.47. The number of nitrogens with zero attached hydrogens (tertiary/aromatic N) is 2. The van der Waals surface area contributed by atoms with Crippen LogP contribution >= 0.6 is 0 Å². The van der Waals surface area contributed by atoms with E-state index in [0.717, 1.165) is 5.75 Å². The summed E-state index contributed by atoms with van der Waals surface area (Å²) in [6.45, 7) is 3.94. The second-order valence-electron chi connectivity index (χ2n) is 6.90. The molecule has 7 nitrogen and oxygen atoms in total. The fourth-order valence-corrected chi connectivity index (χ4v) is 3.00. The van der Waals surface area contributed by atoms with E-state index in [-0.39, 0.29) is 30.4 Å². The number of hydrogen-bond donors (Lipinski definition) is 2. The van der Waals surface area contributed by atoms with E-state index in [1.807, 2.05) is 44.2 Å². The molecule has 0 unspecified atom stereocenters. The van der Waals surface area contributed by atoms with Crippen molar-refractivity contribution in [1.29, 1.82) is 0 Å². The number of carbonyl (C=O) groups excluding carboxylic acids is 1. The Hall–Kier alpha value is -2.41. The minimum atomic E-state index is -0.727. The first-order chi connectivity index (χ1) is 12.5. The smallest absolute Gasteiger partial charge is 0.220 e. The Kier molecular flexibility index (Phi) is 5.88. The van der Waals surface area contributed by atoms with E-state index < -0.39 is 6.10 Å². The van der Waals surface area contributed by atoms with Gasteiger partial charge in [0.2, 0.25) is 17.7 Å². The van der Waals surface area contributed by atoms with Crippen molar-refractivity contribution >= 4 is 5.91 Å². The lowest BCUT2D eigenvalue weighted by Gasteiger charge is -2.21. The van der Waals surface area contributed by atoms with Gasteiger partial charge in [0.15, 0.2) is 0 Å². The van der Waals surface area contributed by atoms with Crippen LogP contribution in [0.25, 0.3) is 0 Å². The summed E-state index contributed by atoms with van der Waals surface area (Å²) in [5, 5.41) is 21.2. The first-order valence-electron chi connectivity index (χ1n) is 9.04. The molecule has 1 aromatic carbocycles. The number of hydrogen-bond acceptors (Lipinski definition) is 6. The van der Waals surface area contributed by atoms with Gasteiger partial charge in [0.25, 0.3) is 0 Å². The summed E-state index contributed by atoms with van der Waals surface area (Å²) in [5.41, 5.74) is 0.